The average molecular weight is 275 g/mol. The third-order valence-corrected chi connectivity index (χ3v) is 4.62. The Morgan fingerprint density at radius 3 is 2.45 bits per heavy atom. The Kier molecular flexibility index (Phi) is 4.42. The first-order chi connectivity index (χ1) is 9.59. The summed E-state index contributed by atoms with van der Waals surface area (Å²) in [5.41, 5.74) is 1.09. The largest absolute Gasteiger partial charge is 0.465 e. The van der Waals surface area contributed by atoms with Gasteiger partial charge in [0.2, 0.25) is 0 Å². The number of carboxylic acid groups (broad SMARTS) is 1. The van der Waals surface area contributed by atoms with Crippen LogP contribution in [-0.2, 0) is 10.2 Å². The van der Waals surface area contributed by atoms with Gasteiger partial charge in [0.05, 0.1) is 0 Å². The first-order valence-corrected chi connectivity index (χ1v) is 7.04. The fourth-order valence-corrected chi connectivity index (χ4v) is 3.26. The van der Waals surface area contributed by atoms with E-state index in [9.17, 15) is 9.59 Å². The second-order valence-corrected chi connectivity index (χ2v) is 5.64. The molecule has 1 aromatic carbocycles. The molecule has 1 fully saturated rings. The lowest BCUT2D eigenvalue weighted by atomic mass is 9.66. The molecule has 1 aliphatic carbocycles. The van der Waals surface area contributed by atoms with Crippen molar-refractivity contribution in [3.05, 3.63) is 35.9 Å². The molecule has 0 heterocycles. The Morgan fingerprint density at radius 1 is 1.35 bits per heavy atom. The van der Waals surface area contributed by atoms with Gasteiger partial charge in [0.1, 0.15) is 6.29 Å². The molecule has 108 valence electrons. The Balaban J connectivity index is 2.14. The summed E-state index contributed by atoms with van der Waals surface area (Å²) < 4.78 is 0. The van der Waals surface area contributed by atoms with Crippen LogP contribution >= 0.6 is 0 Å². The molecule has 4 nitrogen and oxygen atoms in total. The Bertz CT molecular complexity index is 464. The molecule has 2 rings (SSSR count). The number of carbonyl (C=O) groups excluding carboxylic acids is 1. The topological polar surface area (TPSA) is 57.6 Å². The molecule has 20 heavy (non-hydrogen) atoms. The molecule has 1 aromatic rings. The highest BCUT2D eigenvalue weighted by Crippen LogP contribution is 2.42. The number of hydrogen-bond donors (Lipinski definition) is 1. The highest BCUT2D eigenvalue weighted by atomic mass is 16.4. The molecule has 1 amide bonds. The summed E-state index contributed by atoms with van der Waals surface area (Å²) in [6.45, 7) is 0. The first-order valence-electron chi connectivity index (χ1n) is 7.04. The number of benzene rings is 1. The van der Waals surface area contributed by atoms with Crippen molar-refractivity contribution in [2.45, 2.75) is 43.6 Å². The molecule has 0 saturated heterocycles. The maximum atomic E-state index is 11.1. The van der Waals surface area contributed by atoms with Gasteiger partial charge in [-0.2, -0.15) is 0 Å². The SMILES string of the molecule is CN(C(=O)O)C1CCC(CC=O)(c2ccccc2)CC1. The number of rotatable bonds is 4. The van der Waals surface area contributed by atoms with Gasteiger partial charge in [-0.25, -0.2) is 4.79 Å². The summed E-state index contributed by atoms with van der Waals surface area (Å²) in [5.74, 6) is 0. The molecule has 1 aliphatic rings. The second-order valence-electron chi connectivity index (χ2n) is 5.64. The molecular formula is C16H21NO3. The highest BCUT2D eigenvalue weighted by molar-refractivity contribution is 5.65. The lowest BCUT2D eigenvalue weighted by Crippen LogP contribution is -2.43. The van der Waals surface area contributed by atoms with Crippen molar-refractivity contribution in [2.24, 2.45) is 0 Å². The van der Waals surface area contributed by atoms with E-state index in [-0.39, 0.29) is 11.5 Å². The maximum Gasteiger partial charge on any atom is 0.407 e. The quantitative estimate of drug-likeness (QED) is 0.859. The average Bonchev–Trinajstić information content (AvgIpc) is 2.48. The summed E-state index contributed by atoms with van der Waals surface area (Å²) >= 11 is 0. The highest BCUT2D eigenvalue weighted by Gasteiger charge is 2.38. The summed E-state index contributed by atoms with van der Waals surface area (Å²) in [7, 11) is 1.63. The van der Waals surface area contributed by atoms with Gasteiger partial charge in [0.25, 0.3) is 0 Å². The third-order valence-electron chi connectivity index (χ3n) is 4.62. The van der Waals surface area contributed by atoms with Gasteiger partial charge >= 0.3 is 6.09 Å². The minimum Gasteiger partial charge on any atom is -0.465 e. The fraction of sp³-hybridized carbons (Fsp3) is 0.500. The van der Waals surface area contributed by atoms with Crippen molar-refractivity contribution in [1.82, 2.24) is 4.90 Å². The van der Waals surface area contributed by atoms with E-state index in [2.05, 4.69) is 12.1 Å². The number of hydrogen-bond acceptors (Lipinski definition) is 2. The van der Waals surface area contributed by atoms with E-state index in [0.29, 0.717) is 6.42 Å². The van der Waals surface area contributed by atoms with Gasteiger partial charge < -0.3 is 14.8 Å². The minimum atomic E-state index is -0.877. The number of amides is 1. The van der Waals surface area contributed by atoms with E-state index in [1.54, 1.807) is 7.05 Å². The van der Waals surface area contributed by atoms with Crippen molar-refractivity contribution < 1.29 is 14.7 Å². The van der Waals surface area contributed by atoms with Crippen LogP contribution in [0, 0.1) is 0 Å². The van der Waals surface area contributed by atoms with Crippen LogP contribution in [-0.4, -0.2) is 35.5 Å². The molecule has 0 atom stereocenters. The van der Waals surface area contributed by atoms with Crippen molar-refractivity contribution in [1.29, 1.82) is 0 Å². The summed E-state index contributed by atoms with van der Waals surface area (Å²) in [5, 5.41) is 9.05. The van der Waals surface area contributed by atoms with E-state index < -0.39 is 6.09 Å². The van der Waals surface area contributed by atoms with Crippen LogP contribution in [0.25, 0.3) is 0 Å². The predicted octanol–water partition coefficient (Wildman–Crippen LogP) is 3.07. The molecule has 0 aliphatic heterocycles. The van der Waals surface area contributed by atoms with E-state index in [1.165, 1.54) is 10.5 Å². The Morgan fingerprint density at radius 2 is 1.95 bits per heavy atom. The molecule has 0 bridgehead atoms. The number of aldehydes is 1. The maximum absolute atomic E-state index is 11.1. The monoisotopic (exact) mass is 275 g/mol. The van der Waals surface area contributed by atoms with Crippen LogP contribution in [0.1, 0.15) is 37.7 Å². The van der Waals surface area contributed by atoms with E-state index in [1.807, 2.05) is 18.2 Å². The van der Waals surface area contributed by atoms with Crippen LogP contribution in [0.2, 0.25) is 0 Å². The van der Waals surface area contributed by atoms with Crippen LogP contribution < -0.4 is 0 Å². The molecule has 4 heteroatoms. The molecule has 0 aromatic heterocycles. The van der Waals surface area contributed by atoms with Gasteiger partial charge in [-0.1, -0.05) is 30.3 Å². The lowest BCUT2D eigenvalue weighted by Gasteiger charge is -2.41. The Hall–Kier alpha value is -1.84. The number of carbonyl (C=O) groups is 2. The molecule has 0 unspecified atom stereocenters. The van der Waals surface area contributed by atoms with E-state index in [4.69, 9.17) is 5.11 Å². The number of nitrogens with zero attached hydrogens (tertiary/aromatic N) is 1. The van der Waals surface area contributed by atoms with Crippen molar-refractivity contribution in [3.8, 4) is 0 Å². The summed E-state index contributed by atoms with van der Waals surface area (Å²) in [4.78, 5) is 23.5. The van der Waals surface area contributed by atoms with Crippen LogP contribution in [0.15, 0.2) is 30.3 Å². The third kappa shape index (κ3) is 2.84. The fourth-order valence-electron chi connectivity index (χ4n) is 3.26. The zero-order chi connectivity index (χ0) is 14.6. The Labute approximate surface area is 119 Å². The normalized spacial score (nSPS) is 25.9. The van der Waals surface area contributed by atoms with Gasteiger partial charge in [0, 0.05) is 24.9 Å². The lowest BCUT2D eigenvalue weighted by molar-refractivity contribution is -0.109. The van der Waals surface area contributed by atoms with Crippen LogP contribution in [0.5, 0.6) is 0 Å². The minimum absolute atomic E-state index is 0.0657. The summed E-state index contributed by atoms with van der Waals surface area (Å²) in [6, 6.07) is 10.2. The molecular weight excluding hydrogens is 254 g/mol. The second kappa shape index (κ2) is 6.07. The van der Waals surface area contributed by atoms with Gasteiger partial charge in [-0.05, 0) is 31.2 Å². The smallest absolute Gasteiger partial charge is 0.407 e. The van der Waals surface area contributed by atoms with Crippen LogP contribution in [0.3, 0.4) is 0 Å². The molecule has 0 spiro atoms. The predicted molar refractivity (Wildman–Crippen MR) is 76.8 cm³/mol. The molecule has 0 radical (unpaired) electrons. The standard InChI is InChI=1S/C16H21NO3/c1-17(15(19)20)14-7-9-16(10-8-14,11-12-18)13-5-3-2-4-6-13/h2-6,12,14H,7-11H2,1H3,(H,19,20). The van der Waals surface area contributed by atoms with E-state index >= 15 is 0 Å². The molecule has 1 saturated carbocycles. The zero-order valence-corrected chi connectivity index (χ0v) is 11.8. The van der Waals surface area contributed by atoms with Crippen molar-refractivity contribution in [2.75, 3.05) is 7.05 Å². The van der Waals surface area contributed by atoms with Gasteiger partial charge in [0.15, 0.2) is 0 Å². The van der Waals surface area contributed by atoms with Crippen molar-refractivity contribution >= 4 is 12.4 Å². The van der Waals surface area contributed by atoms with Gasteiger partial charge in [-0.3, -0.25) is 0 Å². The van der Waals surface area contributed by atoms with Gasteiger partial charge in [-0.15, -0.1) is 0 Å². The first kappa shape index (κ1) is 14.6. The summed E-state index contributed by atoms with van der Waals surface area (Å²) in [6.07, 6.45) is 3.97. The van der Waals surface area contributed by atoms with Crippen molar-refractivity contribution in [3.63, 3.8) is 0 Å². The zero-order valence-electron chi connectivity index (χ0n) is 11.8. The molecule has 1 N–H and O–H groups in total. The van der Waals surface area contributed by atoms with E-state index in [0.717, 1.165) is 32.0 Å². The van der Waals surface area contributed by atoms with Crippen LogP contribution in [0.4, 0.5) is 4.79 Å².